The van der Waals surface area contributed by atoms with E-state index in [9.17, 15) is 4.79 Å². The highest BCUT2D eigenvalue weighted by Crippen LogP contribution is 2.36. The first-order valence-electron chi connectivity index (χ1n) is 7.60. The van der Waals surface area contributed by atoms with Gasteiger partial charge in [0.2, 0.25) is 5.91 Å². The fourth-order valence-corrected chi connectivity index (χ4v) is 2.50. The Labute approximate surface area is 147 Å². The second kappa shape index (κ2) is 8.41. The van der Waals surface area contributed by atoms with Crippen LogP contribution in [0, 0.1) is 6.92 Å². The zero-order valence-corrected chi connectivity index (χ0v) is 14.7. The van der Waals surface area contributed by atoms with Crippen LogP contribution in [0.5, 0.6) is 11.5 Å². The number of para-hydroxylation sites is 1. The Balaban J connectivity index is 2.16. The zero-order chi connectivity index (χ0) is 17.5. The van der Waals surface area contributed by atoms with Crippen molar-refractivity contribution < 1.29 is 14.3 Å². The summed E-state index contributed by atoms with van der Waals surface area (Å²) in [5.74, 6) is 0.820. The molecule has 0 unspecified atom stereocenters. The third-order valence-corrected chi connectivity index (χ3v) is 3.65. The zero-order valence-electron chi connectivity index (χ0n) is 13.9. The van der Waals surface area contributed by atoms with E-state index in [1.54, 1.807) is 18.2 Å². The molecule has 0 radical (unpaired) electrons. The Morgan fingerprint density at radius 2 is 2.04 bits per heavy atom. The Morgan fingerprint density at radius 3 is 2.71 bits per heavy atom. The van der Waals surface area contributed by atoms with Gasteiger partial charge in [-0.1, -0.05) is 29.8 Å². The predicted molar refractivity (Wildman–Crippen MR) is 98.0 cm³/mol. The maximum Gasteiger partial charge on any atom is 0.248 e. The summed E-state index contributed by atoms with van der Waals surface area (Å²) in [6.07, 6.45) is 3.14. The third kappa shape index (κ3) is 4.52. The first-order valence-corrected chi connectivity index (χ1v) is 7.98. The molecular formula is C19H20ClNO3. The van der Waals surface area contributed by atoms with Gasteiger partial charge in [0.15, 0.2) is 11.5 Å². The van der Waals surface area contributed by atoms with Gasteiger partial charge in [0.1, 0.15) is 0 Å². The van der Waals surface area contributed by atoms with Gasteiger partial charge in [0, 0.05) is 11.8 Å². The Morgan fingerprint density at radius 1 is 1.29 bits per heavy atom. The van der Waals surface area contributed by atoms with Gasteiger partial charge < -0.3 is 14.8 Å². The van der Waals surface area contributed by atoms with E-state index in [2.05, 4.69) is 5.32 Å². The van der Waals surface area contributed by atoms with E-state index >= 15 is 0 Å². The summed E-state index contributed by atoms with van der Waals surface area (Å²) in [6.45, 7) is 4.32. The van der Waals surface area contributed by atoms with Crippen LogP contribution in [0.15, 0.2) is 42.5 Å². The average molecular weight is 346 g/mol. The van der Waals surface area contributed by atoms with Crippen LogP contribution in [0.1, 0.15) is 18.1 Å². The number of carbonyl (C=O) groups excluding carboxylic acids is 1. The van der Waals surface area contributed by atoms with Crippen molar-refractivity contribution in [3.63, 3.8) is 0 Å². The lowest BCUT2D eigenvalue weighted by Crippen LogP contribution is -2.08. The van der Waals surface area contributed by atoms with Crippen molar-refractivity contribution in [1.82, 2.24) is 0 Å². The minimum absolute atomic E-state index is 0.214. The van der Waals surface area contributed by atoms with Crippen molar-refractivity contribution in [3.05, 3.63) is 58.6 Å². The van der Waals surface area contributed by atoms with Crippen LogP contribution in [0.25, 0.3) is 6.08 Å². The highest BCUT2D eigenvalue weighted by atomic mass is 35.5. The molecule has 0 spiro atoms. The maximum atomic E-state index is 12.1. The van der Waals surface area contributed by atoms with E-state index in [1.807, 2.05) is 38.1 Å². The number of methoxy groups -OCH3 is 1. The molecule has 0 aliphatic carbocycles. The molecule has 0 saturated heterocycles. The van der Waals surface area contributed by atoms with Gasteiger partial charge in [0.05, 0.1) is 18.7 Å². The second-order valence-electron chi connectivity index (χ2n) is 5.10. The molecule has 126 valence electrons. The first kappa shape index (κ1) is 17.9. The van der Waals surface area contributed by atoms with Gasteiger partial charge in [-0.05, 0) is 49.2 Å². The molecule has 0 bridgehead atoms. The summed E-state index contributed by atoms with van der Waals surface area (Å²) >= 11 is 6.20. The average Bonchev–Trinajstić information content (AvgIpc) is 2.55. The van der Waals surface area contributed by atoms with E-state index < -0.39 is 0 Å². The molecule has 24 heavy (non-hydrogen) atoms. The SMILES string of the molecule is CCOc1cc(/C=C/C(=O)Nc2ccccc2C)cc(Cl)c1OC. The van der Waals surface area contributed by atoms with Crippen molar-refractivity contribution in [2.45, 2.75) is 13.8 Å². The maximum absolute atomic E-state index is 12.1. The molecule has 0 atom stereocenters. The van der Waals surface area contributed by atoms with Gasteiger partial charge in [-0.15, -0.1) is 0 Å². The van der Waals surface area contributed by atoms with E-state index in [0.717, 1.165) is 16.8 Å². The van der Waals surface area contributed by atoms with E-state index in [4.69, 9.17) is 21.1 Å². The second-order valence-corrected chi connectivity index (χ2v) is 5.51. The number of halogens is 1. The molecule has 0 aliphatic heterocycles. The van der Waals surface area contributed by atoms with Crippen LogP contribution in [-0.2, 0) is 4.79 Å². The molecule has 1 amide bonds. The minimum atomic E-state index is -0.214. The number of amides is 1. The quantitative estimate of drug-likeness (QED) is 0.771. The summed E-state index contributed by atoms with van der Waals surface area (Å²) in [5.41, 5.74) is 2.55. The molecule has 0 aliphatic rings. The number of benzene rings is 2. The number of ether oxygens (including phenoxy) is 2. The lowest BCUT2D eigenvalue weighted by molar-refractivity contribution is -0.111. The molecule has 0 heterocycles. The van der Waals surface area contributed by atoms with Crippen molar-refractivity contribution in [2.75, 3.05) is 19.0 Å². The molecule has 4 nitrogen and oxygen atoms in total. The molecule has 1 N–H and O–H groups in total. The number of aryl methyl sites for hydroxylation is 1. The Kier molecular flexibility index (Phi) is 6.27. The first-order chi connectivity index (χ1) is 11.5. The molecule has 2 rings (SSSR count). The fraction of sp³-hybridized carbons (Fsp3) is 0.211. The number of hydrogen-bond donors (Lipinski definition) is 1. The highest BCUT2D eigenvalue weighted by Gasteiger charge is 2.10. The molecule has 2 aromatic carbocycles. The topological polar surface area (TPSA) is 47.6 Å². The van der Waals surface area contributed by atoms with Gasteiger partial charge in [-0.25, -0.2) is 0 Å². The van der Waals surface area contributed by atoms with Crippen molar-refractivity contribution in [2.24, 2.45) is 0 Å². The van der Waals surface area contributed by atoms with Crippen molar-refractivity contribution >= 4 is 29.3 Å². The largest absolute Gasteiger partial charge is 0.491 e. The predicted octanol–water partition coefficient (Wildman–Crippen LogP) is 4.71. The minimum Gasteiger partial charge on any atom is -0.491 e. The van der Waals surface area contributed by atoms with Crippen LogP contribution >= 0.6 is 11.6 Å². The molecule has 0 fully saturated rings. The Hall–Kier alpha value is -2.46. The number of carbonyl (C=O) groups is 1. The lowest BCUT2D eigenvalue weighted by atomic mass is 10.1. The van der Waals surface area contributed by atoms with E-state index in [0.29, 0.717) is 23.1 Å². The van der Waals surface area contributed by atoms with Gasteiger partial charge in [-0.3, -0.25) is 4.79 Å². The number of hydrogen-bond acceptors (Lipinski definition) is 3. The standard InChI is InChI=1S/C19H20ClNO3/c1-4-24-17-12-14(11-15(20)19(17)23-3)9-10-18(22)21-16-8-6-5-7-13(16)2/h5-12H,4H2,1-3H3,(H,21,22)/b10-9+. The van der Waals surface area contributed by atoms with Gasteiger partial charge >= 0.3 is 0 Å². The van der Waals surface area contributed by atoms with Gasteiger partial charge in [-0.2, -0.15) is 0 Å². The van der Waals surface area contributed by atoms with Crippen LogP contribution in [0.4, 0.5) is 5.69 Å². The summed E-state index contributed by atoms with van der Waals surface area (Å²) < 4.78 is 10.8. The van der Waals surface area contributed by atoms with Gasteiger partial charge in [0.25, 0.3) is 0 Å². The van der Waals surface area contributed by atoms with E-state index in [-0.39, 0.29) is 5.91 Å². The molecule has 5 heteroatoms. The fourth-order valence-electron chi connectivity index (χ4n) is 2.20. The van der Waals surface area contributed by atoms with Crippen LogP contribution < -0.4 is 14.8 Å². The number of rotatable bonds is 6. The number of nitrogens with one attached hydrogen (secondary N) is 1. The normalized spacial score (nSPS) is 10.7. The summed E-state index contributed by atoms with van der Waals surface area (Å²) in [6, 6.07) is 11.1. The molecule has 0 saturated carbocycles. The molecular weight excluding hydrogens is 326 g/mol. The summed E-state index contributed by atoms with van der Waals surface area (Å²) in [7, 11) is 1.54. The van der Waals surface area contributed by atoms with Crippen molar-refractivity contribution in [1.29, 1.82) is 0 Å². The summed E-state index contributed by atoms with van der Waals surface area (Å²) in [4.78, 5) is 12.1. The molecule has 0 aromatic heterocycles. The Bertz CT molecular complexity index is 756. The monoisotopic (exact) mass is 345 g/mol. The lowest BCUT2D eigenvalue weighted by Gasteiger charge is -2.11. The number of anilines is 1. The van der Waals surface area contributed by atoms with Crippen LogP contribution in [0.2, 0.25) is 5.02 Å². The summed E-state index contributed by atoms with van der Waals surface area (Å²) in [5, 5.41) is 3.28. The van der Waals surface area contributed by atoms with Crippen molar-refractivity contribution in [3.8, 4) is 11.5 Å². The molecule has 2 aromatic rings. The third-order valence-electron chi connectivity index (χ3n) is 3.37. The highest BCUT2D eigenvalue weighted by molar-refractivity contribution is 6.32. The van der Waals surface area contributed by atoms with Crippen LogP contribution in [-0.4, -0.2) is 19.6 Å². The van der Waals surface area contributed by atoms with E-state index in [1.165, 1.54) is 13.2 Å². The van der Waals surface area contributed by atoms with Crippen LogP contribution in [0.3, 0.4) is 0 Å². The smallest absolute Gasteiger partial charge is 0.248 e.